The van der Waals surface area contributed by atoms with Crippen LogP contribution >= 0.6 is 0 Å². The molecule has 0 aliphatic heterocycles. The van der Waals surface area contributed by atoms with E-state index in [0.717, 1.165) is 6.42 Å². The van der Waals surface area contributed by atoms with Gasteiger partial charge < -0.3 is 0 Å². The van der Waals surface area contributed by atoms with E-state index in [9.17, 15) is 4.39 Å². The van der Waals surface area contributed by atoms with Crippen LogP contribution in [0.25, 0.3) is 0 Å². The zero-order valence-corrected chi connectivity index (χ0v) is 8.26. The molecule has 0 bridgehead atoms. The van der Waals surface area contributed by atoms with Crippen molar-refractivity contribution in [2.24, 2.45) is 5.92 Å². The van der Waals surface area contributed by atoms with Crippen molar-refractivity contribution in [2.45, 2.75) is 32.9 Å². The van der Waals surface area contributed by atoms with E-state index < -0.39 is 6.17 Å². The molecule has 1 radical (unpaired) electrons. The quantitative estimate of drug-likeness (QED) is 0.656. The van der Waals surface area contributed by atoms with Crippen LogP contribution in [-0.2, 0) is 0 Å². The third kappa shape index (κ3) is 3.58. The van der Waals surface area contributed by atoms with Crippen molar-refractivity contribution in [1.29, 1.82) is 0 Å². The Bertz CT molecular complexity index is 228. The molecule has 1 unspecified atom stereocenters. The van der Waals surface area contributed by atoms with E-state index in [1.54, 1.807) is 12.1 Å². The SMILES string of the molecule is CC(C)CCC(F)c1[c]cccc1. The van der Waals surface area contributed by atoms with Gasteiger partial charge in [0.05, 0.1) is 0 Å². The molecular weight excluding hydrogens is 163 g/mol. The molecule has 0 N–H and O–H groups in total. The molecule has 1 aromatic rings. The van der Waals surface area contributed by atoms with Gasteiger partial charge in [0.25, 0.3) is 0 Å². The molecule has 0 fully saturated rings. The Labute approximate surface area is 79.8 Å². The summed E-state index contributed by atoms with van der Waals surface area (Å²) in [6.07, 6.45) is 0.700. The Kier molecular flexibility index (Phi) is 3.94. The Hall–Kier alpha value is -0.850. The van der Waals surface area contributed by atoms with Gasteiger partial charge in [0.1, 0.15) is 6.17 Å². The number of rotatable bonds is 4. The van der Waals surface area contributed by atoms with E-state index in [1.165, 1.54) is 0 Å². The fourth-order valence-electron chi connectivity index (χ4n) is 1.24. The van der Waals surface area contributed by atoms with E-state index in [-0.39, 0.29) is 0 Å². The fourth-order valence-corrected chi connectivity index (χ4v) is 1.24. The van der Waals surface area contributed by atoms with Crippen LogP contribution in [0.4, 0.5) is 4.39 Å². The Morgan fingerprint density at radius 1 is 1.31 bits per heavy atom. The first-order valence-corrected chi connectivity index (χ1v) is 4.81. The maximum absolute atomic E-state index is 13.5. The number of alkyl halides is 1. The van der Waals surface area contributed by atoms with Crippen molar-refractivity contribution < 1.29 is 4.39 Å². The first-order valence-electron chi connectivity index (χ1n) is 4.81. The predicted octanol–water partition coefficient (Wildman–Crippen LogP) is 3.93. The van der Waals surface area contributed by atoms with Crippen molar-refractivity contribution in [3.8, 4) is 0 Å². The molecule has 0 saturated heterocycles. The minimum atomic E-state index is -0.844. The lowest BCUT2D eigenvalue weighted by Crippen LogP contribution is -1.95. The maximum Gasteiger partial charge on any atom is 0.126 e. The van der Waals surface area contributed by atoms with E-state index in [4.69, 9.17) is 0 Å². The van der Waals surface area contributed by atoms with Crippen molar-refractivity contribution in [2.75, 3.05) is 0 Å². The molecule has 0 aromatic heterocycles. The minimum Gasteiger partial charge on any atom is -0.242 e. The van der Waals surface area contributed by atoms with Gasteiger partial charge in [-0.3, -0.25) is 0 Å². The first kappa shape index (κ1) is 10.2. The molecule has 0 nitrogen and oxygen atoms in total. The molecule has 1 rings (SSSR count). The molecule has 0 aliphatic carbocycles. The summed E-state index contributed by atoms with van der Waals surface area (Å²) in [6, 6.07) is 10.2. The average molecular weight is 179 g/mol. The van der Waals surface area contributed by atoms with E-state index in [2.05, 4.69) is 19.9 Å². The van der Waals surface area contributed by atoms with Crippen molar-refractivity contribution >= 4 is 0 Å². The van der Waals surface area contributed by atoms with Gasteiger partial charge in [-0.15, -0.1) is 0 Å². The summed E-state index contributed by atoms with van der Waals surface area (Å²) in [4.78, 5) is 0. The summed E-state index contributed by atoms with van der Waals surface area (Å²) in [5, 5.41) is 0. The fraction of sp³-hybridized carbons (Fsp3) is 0.500. The molecular formula is C12H16F. The lowest BCUT2D eigenvalue weighted by atomic mass is 10.0. The number of hydrogen-bond acceptors (Lipinski definition) is 0. The summed E-state index contributed by atoms with van der Waals surface area (Å²) in [5.74, 6) is 0.571. The number of halogens is 1. The Morgan fingerprint density at radius 3 is 2.62 bits per heavy atom. The van der Waals surface area contributed by atoms with Crippen LogP contribution in [0.3, 0.4) is 0 Å². The second-order valence-corrected chi connectivity index (χ2v) is 3.76. The monoisotopic (exact) mass is 179 g/mol. The molecule has 0 spiro atoms. The highest BCUT2D eigenvalue weighted by molar-refractivity contribution is 5.15. The molecule has 0 aliphatic rings. The minimum absolute atomic E-state index is 0.571. The Balaban J connectivity index is 2.44. The summed E-state index contributed by atoms with van der Waals surface area (Å²) in [5.41, 5.74) is 0.683. The topological polar surface area (TPSA) is 0 Å². The highest BCUT2D eigenvalue weighted by Gasteiger charge is 2.09. The summed E-state index contributed by atoms with van der Waals surface area (Å²) in [7, 11) is 0. The second kappa shape index (κ2) is 5.00. The molecule has 1 atom stereocenters. The molecule has 1 aromatic carbocycles. The lowest BCUT2D eigenvalue weighted by Gasteiger charge is -2.09. The van der Waals surface area contributed by atoms with Gasteiger partial charge in [0.15, 0.2) is 0 Å². The molecule has 0 amide bonds. The molecule has 1 heteroatoms. The van der Waals surface area contributed by atoms with Crippen LogP contribution in [0.15, 0.2) is 24.3 Å². The molecule has 71 valence electrons. The van der Waals surface area contributed by atoms with Gasteiger partial charge in [0, 0.05) is 0 Å². The highest BCUT2D eigenvalue weighted by Crippen LogP contribution is 2.23. The van der Waals surface area contributed by atoms with Crippen molar-refractivity contribution in [3.63, 3.8) is 0 Å². The van der Waals surface area contributed by atoms with Crippen LogP contribution in [0, 0.1) is 12.0 Å². The van der Waals surface area contributed by atoms with Gasteiger partial charge in [-0.2, -0.15) is 0 Å². The first-order chi connectivity index (χ1) is 6.20. The Morgan fingerprint density at radius 2 is 2.08 bits per heavy atom. The number of hydrogen-bond donors (Lipinski definition) is 0. The van der Waals surface area contributed by atoms with Crippen LogP contribution in [-0.4, -0.2) is 0 Å². The van der Waals surface area contributed by atoms with Crippen molar-refractivity contribution in [3.05, 3.63) is 35.9 Å². The third-order valence-electron chi connectivity index (χ3n) is 2.07. The lowest BCUT2D eigenvalue weighted by molar-refractivity contribution is 0.301. The van der Waals surface area contributed by atoms with Gasteiger partial charge in [-0.05, 0) is 30.4 Å². The van der Waals surface area contributed by atoms with E-state index in [1.807, 2.05) is 12.1 Å². The highest BCUT2D eigenvalue weighted by atomic mass is 19.1. The van der Waals surface area contributed by atoms with Gasteiger partial charge >= 0.3 is 0 Å². The zero-order chi connectivity index (χ0) is 9.68. The smallest absolute Gasteiger partial charge is 0.126 e. The zero-order valence-electron chi connectivity index (χ0n) is 8.26. The second-order valence-electron chi connectivity index (χ2n) is 3.76. The van der Waals surface area contributed by atoms with Gasteiger partial charge in [-0.25, -0.2) is 4.39 Å². The predicted molar refractivity (Wildman–Crippen MR) is 53.2 cm³/mol. The summed E-state index contributed by atoms with van der Waals surface area (Å²) in [6.45, 7) is 4.23. The van der Waals surface area contributed by atoms with Crippen molar-refractivity contribution in [1.82, 2.24) is 0 Å². The van der Waals surface area contributed by atoms with E-state index >= 15 is 0 Å². The standard InChI is InChI=1S/C12H16F/c1-10(2)8-9-12(13)11-6-4-3-5-7-11/h3-6,10,12H,8-9H2,1-2H3. The van der Waals surface area contributed by atoms with Crippen LogP contribution in [0.1, 0.15) is 38.4 Å². The molecule has 0 saturated carbocycles. The van der Waals surface area contributed by atoms with Gasteiger partial charge in [-0.1, -0.05) is 38.1 Å². The largest absolute Gasteiger partial charge is 0.242 e. The molecule has 0 heterocycles. The van der Waals surface area contributed by atoms with E-state index in [0.29, 0.717) is 17.9 Å². The summed E-state index contributed by atoms with van der Waals surface area (Å²) < 4.78 is 13.5. The van der Waals surface area contributed by atoms with Gasteiger partial charge in [0.2, 0.25) is 0 Å². The average Bonchev–Trinajstić information content (AvgIpc) is 2.15. The maximum atomic E-state index is 13.5. The van der Waals surface area contributed by atoms with Crippen LogP contribution in [0.5, 0.6) is 0 Å². The van der Waals surface area contributed by atoms with Crippen LogP contribution in [0.2, 0.25) is 0 Å². The van der Waals surface area contributed by atoms with Crippen LogP contribution < -0.4 is 0 Å². The summed E-state index contributed by atoms with van der Waals surface area (Å²) >= 11 is 0. The third-order valence-corrected chi connectivity index (χ3v) is 2.07. The normalized spacial score (nSPS) is 13.2. The number of benzene rings is 1. The molecule has 13 heavy (non-hydrogen) atoms.